The minimum Gasteiger partial charge on any atom is -0.488 e. The monoisotopic (exact) mass is 306 g/mol. The zero-order valence-electron chi connectivity index (χ0n) is 10.7. The van der Waals surface area contributed by atoms with Crippen molar-refractivity contribution in [1.82, 2.24) is 0 Å². The molecule has 1 aromatic carbocycles. The number of ether oxygens (including phenoxy) is 2. The molecule has 0 fully saturated rings. The predicted molar refractivity (Wildman–Crippen MR) is 76.1 cm³/mol. The number of halogens is 2. The van der Waals surface area contributed by atoms with E-state index in [1.165, 1.54) is 0 Å². The van der Waals surface area contributed by atoms with Crippen molar-refractivity contribution in [2.45, 2.75) is 13.0 Å². The van der Waals surface area contributed by atoms with E-state index in [0.717, 1.165) is 0 Å². The molecule has 0 aromatic heterocycles. The van der Waals surface area contributed by atoms with Gasteiger partial charge in [0.25, 0.3) is 0 Å². The fourth-order valence-corrected chi connectivity index (χ4v) is 1.85. The van der Waals surface area contributed by atoms with Crippen LogP contribution in [0.15, 0.2) is 12.1 Å². The Morgan fingerprint density at radius 1 is 1.37 bits per heavy atom. The van der Waals surface area contributed by atoms with Gasteiger partial charge in [-0.25, -0.2) is 0 Å². The number of hydrogen-bond acceptors (Lipinski definition) is 4. The van der Waals surface area contributed by atoms with Gasteiger partial charge in [0, 0.05) is 12.8 Å². The standard InChI is InChI=1S/C12H16Cl2N2O3/c1-7(15)12(17)16-8-5-9(13)11(10(14)6-8)19-4-3-18-2/h5-7H,3-4,15H2,1-2H3,(H,16,17)/t7-/m1/s1. The Bertz CT molecular complexity index is 430. The lowest BCUT2D eigenvalue weighted by Crippen LogP contribution is -2.32. The van der Waals surface area contributed by atoms with Crippen LogP contribution in [0.3, 0.4) is 0 Å². The summed E-state index contributed by atoms with van der Waals surface area (Å²) in [6.07, 6.45) is 0. The highest BCUT2D eigenvalue weighted by molar-refractivity contribution is 6.37. The third-order valence-electron chi connectivity index (χ3n) is 2.21. The largest absolute Gasteiger partial charge is 0.488 e. The minimum atomic E-state index is -0.616. The van der Waals surface area contributed by atoms with Gasteiger partial charge in [-0.3, -0.25) is 4.79 Å². The van der Waals surface area contributed by atoms with Crippen molar-refractivity contribution in [1.29, 1.82) is 0 Å². The van der Waals surface area contributed by atoms with E-state index < -0.39 is 6.04 Å². The number of rotatable bonds is 6. The van der Waals surface area contributed by atoms with Crippen molar-refractivity contribution < 1.29 is 14.3 Å². The Hall–Kier alpha value is -1.01. The fourth-order valence-electron chi connectivity index (χ4n) is 1.25. The molecule has 0 heterocycles. The summed E-state index contributed by atoms with van der Waals surface area (Å²) in [6.45, 7) is 2.35. The molecule has 5 nitrogen and oxygen atoms in total. The lowest BCUT2D eigenvalue weighted by Gasteiger charge is -2.13. The summed E-state index contributed by atoms with van der Waals surface area (Å²) in [4.78, 5) is 11.5. The molecule has 0 saturated heterocycles. The number of nitrogens with two attached hydrogens (primary N) is 1. The number of carbonyl (C=O) groups excluding carboxylic acids is 1. The van der Waals surface area contributed by atoms with Crippen molar-refractivity contribution >= 4 is 34.8 Å². The van der Waals surface area contributed by atoms with Gasteiger partial charge in [0.15, 0.2) is 5.75 Å². The van der Waals surface area contributed by atoms with Crippen LogP contribution < -0.4 is 15.8 Å². The van der Waals surface area contributed by atoms with Crippen molar-refractivity contribution in [2.24, 2.45) is 5.73 Å². The summed E-state index contributed by atoms with van der Waals surface area (Å²) in [6, 6.07) is 2.49. The van der Waals surface area contributed by atoms with Crippen molar-refractivity contribution in [3.05, 3.63) is 22.2 Å². The summed E-state index contributed by atoms with van der Waals surface area (Å²) in [5.74, 6) is 0.0411. The molecular weight excluding hydrogens is 291 g/mol. The van der Waals surface area contributed by atoms with E-state index in [1.54, 1.807) is 26.2 Å². The lowest BCUT2D eigenvalue weighted by atomic mass is 10.2. The minimum absolute atomic E-state index is 0.309. The Morgan fingerprint density at radius 3 is 2.42 bits per heavy atom. The summed E-state index contributed by atoms with van der Waals surface area (Å²) in [7, 11) is 1.57. The Kier molecular flexibility index (Phi) is 6.37. The van der Waals surface area contributed by atoms with Crippen LogP contribution in [0.25, 0.3) is 0 Å². The maximum Gasteiger partial charge on any atom is 0.241 e. The van der Waals surface area contributed by atoms with Gasteiger partial charge in [0.05, 0.1) is 22.7 Å². The van der Waals surface area contributed by atoms with Crippen LogP contribution in [0.5, 0.6) is 5.75 Å². The van der Waals surface area contributed by atoms with E-state index in [2.05, 4.69) is 5.32 Å². The predicted octanol–water partition coefficient (Wildman–Crippen LogP) is 2.30. The first-order chi connectivity index (χ1) is 8.95. The first-order valence-electron chi connectivity index (χ1n) is 5.63. The second kappa shape index (κ2) is 7.55. The zero-order valence-corrected chi connectivity index (χ0v) is 12.2. The van der Waals surface area contributed by atoms with Gasteiger partial charge in [0.2, 0.25) is 5.91 Å². The molecule has 3 N–H and O–H groups in total. The maximum atomic E-state index is 11.5. The molecule has 1 atom stereocenters. The average molecular weight is 307 g/mol. The van der Waals surface area contributed by atoms with Gasteiger partial charge in [0.1, 0.15) is 6.61 Å². The Morgan fingerprint density at radius 2 is 1.95 bits per heavy atom. The summed E-state index contributed by atoms with van der Waals surface area (Å²) in [5, 5.41) is 3.22. The SMILES string of the molecule is COCCOc1c(Cl)cc(NC(=O)[C@@H](C)N)cc1Cl. The first kappa shape index (κ1) is 16.0. The summed E-state index contributed by atoms with van der Waals surface area (Å²) in [5.41, 5.74) is 5.92. The van der Waals surface area contributed by atoms with Crippen molar-refractivity contribution in [3.8, 4) is 5.75 Å². The molecule has 0 aliphatic heterocycles. The smallest absolute Gasteiger partial charge is 0.241 e. The van der Waals surface area contributed by atoms with Crippen LogP contribution in [0.4, 0.5) is 5.69 Å². The number of benzene rings is 1. The van der Waals surface area contributed by atoms with Crippen molar-refractivity contribution in [2.75, 3.05) is 25.6 Å². The quantitative estimate of drug-likeness (QED) is 0.791. The van der Waals surface area contributed by atoms with Crippen LogP contribution >= 0.6 is 23.2 Å². The average Bonchev–Trinajstić information content (AvgIpc) is 2.32. The highest BCUT2D eigenvalue weighted by Crippen LogP contribution is 2.36. The number of anilines is 1. The van der Waals surface area contributed by atoms with Gasteiger partial charge in [-0.1, -0.05) is 23.2 Å². The lowest BCUT2D eigenvalue weighted by molar-refractivity contribution is -0.117. The molecule has 7 heteroatoms. The van der Waals surface area contributed by atoms with E-state index in [-0.39, 0.29) is 5.91 Å². The van der Waals surface area contributed by atoms with E-state index in [0.29, 0.717) is 34.7 Å². The highest BCUT2D eigenvalue weighted by Gasteiger charge is 2.13. The second-order valence-electron chi connectivity index (χ2n) is 3.89. The molecular formula is C12H16Cl2N2O3. The molecule has 0 radical (unpaired) electrons. The van der Waals surface area contributed by atoms with Gasteiger partial charge in [-0.05, 0) is 19.1 Å². The molecule has 19 heavy (non-hydrogen) atoms. The molecule has 1 rings (SSSR count). The summed E-state index contributed by atoms with van der Waals surface area (Å²) >= 11 is 12.1. The number of nitrogens with one attached hydrogen (secondary N) is 1. The molecule has 1 amide bonds. The number of methoxy groups -OCH3 is 1. The Labute approximate surface area is 122 Å². The van der Waals surface area contributed by atoms with E-state index in [1.807, 2.05) is 0 Å². The molecule has 0 aliphatic carbocycles. The van der Waals surface area contributed by atoms with Crippen LogP contribution in [0, 0.1) is 0 Å². The molecule has 0 aliphatic rings. The number of hydrogen-bond donors (Lipinski definition) is 2. The van der Waals surface area contributed by atoms with E-state index >= 15 is 0 Å². The second-order valence-corrected chi connectivity index (χ2v) is 4.70. The van der Waals surface area contributed by atoms with Crippen LogP contribution in [0.2, 0.25) is 10.0 Å². The maximum absolute atomic E-state index is 11.5. The van der Waals surface area contributed by atoms with E-state index in [9.17, 15) is 4.79 Å². The first-order valence-corrected chi connectivity index (χ1v) is 6.38. The van der Waals surface area contributed by atoms with Gasteiger partial charge < -0.3 is 20.5 Å². The van der Waals surface area contributed by atoms with Crippen LogP contribution in [-0.4, -0.2) is 32.3 Å². The fraction of sp³-hybridized carbons (Fsp3) is 0.417. The normalized spacial score (nSPS) is 12.1. The zero-order chi connectivity index (χ0) is 14.4. The third kappa shape index (κ3) is 4.87. The van der Waals surface area contributed by atoms with Gasteiger partial charge >= 0.3 is 0 Å². The van der Waals surface area contributed by atoms with Crippen LogP contribution in [0.1, 0.15) is 6.92 Å². The van der Waals surface area contributed by atoms with Gasteiger partial charge in [-0.2, -0.15) is 0 Å². The van der Waals surface area contributed by atoms with Gasteiger partial charge in [-0.15, -0.1) is 0 Å². The number of carbonyl (C=O) groups is 1. The molecule has 0 saturated carbocycles. The molecule has 1 aromatic rings. The topological polar surface area (TPSA) is 73.6 Å². The summed E-state index contributed by atoms with van der Waals surface area (Å²) < 4.78 is 10.3. The van der Waals surface area contributed by atoms with Crippen LogP contribution in [-0.2, 0) is 9.53 Å². The highest BCUT2D eigenvalue weighted by atomic mass is 35.5. The molecule has 106 valence electrons. The third-order valence-corrected chi connectivity index (χ3v) is 2.77. The van der Waals surface area contributed by atoms with E-state index in [4.69, 9.17) is 38.4 Å². The number of amides is 1. The Balaban J connectivity index is 2.81. The van der Waals surface area contributed by atoms with Crippen molar-refractivity contribution in [3.63, 3.8) is 0 Å². The molecule has 0 spiro atoms. The molecule has 0 bridgehead atoms. The molecule has 0 unspecified atom stereocenters.